The van der Waals surface area contributed by atoms with Gasteiger partial charge < -0.3 is 15.4 Å². The quantitative estimate of drug-likeness (QED) is 0.697. The van der Waals surface area contributed by atoms with Gasteiger partial charge in [-0.05, 0) is 44.9 Å². The molecule has 0 saturated heterocycles. The Morgan fingerprint density at radius 3 is 1.88 bits per heavy atom. The zero-order valence-electron chi connectivity index (χ0n) is 18.0. The molecule has 0 aliphatic rings. The second-order valence-corrected chi connectivity index (χ2v) is 9.93. The van der Waals surface area contributed by atoms with E-state index >= 15 is 0 Å². The van der Waals surface area contributed by atoms with Gasteiger partial charge in [-0.25, -0.2) is 0 Å². The topological polar surface area (TPSA) is 67.4 Å². The highest BCUT2D eigenvalue weighted by Gasteiger charge is 2.34. The van der Waals surface area contributed by atoms with Crippen LogP contribution in [-0.2, 0) is 14.3 Å². The monoisotopic (exact) mass is 356 g/mol. The number of hydrogen-bond donors (Lipinski definition) is 2. The second-order valence-electron chi connectivity index (χ2n) is 9.93. The number of rotatable bonds is 8. The molecule has 0 fully saturated rings. The third-order valence-electron chi connectivity index (χ3n) is 3.97. The number of amides is 2. The molecule has 25 heavy (non-hydrogen) atoms. The fourth-order valence-corrected chi connectivity index (χ4v) is 2.21. The van der Waals surface area contributed by atoms with Crippen LogP contribution in [0.5, 0.6) is 0 Å². The average molecular weight is 357 g/mol. The van der Waals surface area contributed by atoms with Gasteiger partial charge in [0.1, 0.15) is 6.04 Å². The molecule has 0 bridgehead atoms. The minimum atomic E-state index is -0.562. The van der Waals surface area contributed by atoms with Crippen molar-refractivity contribution in [3.8, 4) is 0 Å². The molecule has 0 heterocycles. The molecule has 0 aliphatic heterocycles. The Morgan fingerprint density at radius 1 is 0.960 bits per heavy atom. The molecule has 0 saturated carbocycles. The lowest BCUT2D eigenvalue weighted by Crippen LogP contribution is -2.55. The van der Waals surface area contributed by atoms with Crippen molar-refractivity contribution in [2.75, 3.05) is 6.61 Å². The van der Waals surface area contributed by atoms with Crippen LogP contribution >= 0.6 is 0 Å². The van der Waals surface area contributed by atoms with E-state index in [1.807, 2.05) is 69.2 Å². The van der Waals surface area contributed by atoms with E-state index in [-0.39, 0.29) is 34.3 Å². The third kappa shape index (κ3) is 10.5. The molecule has 5 heteroatoms. The molecule has 0 rings (SSSR count). The van der Waals surface area contributed by atoms with Crippen LogP contribution in [0.2, 0.25) is 0 Å². The first-order valence-electron chi connectivity index (χ1n) is 9.31. The normalized spacial score (nSPS) is 15.4. The number of nitrogens with one attached hydrogen (secondary N) is 2. The summed E-state index contributed by atoms with van der Waals surface area (Å²) >= 11 is 0. The Balaban J connectivity index is 4.90. The van der Waals surface area contributed by atoms with Gasteiger partial charge in [0.15, 0.2) is 0 Å². The lowest BCUT2D eigenvalue weighted by molar-refractivity contribution is -0.134. The van der Waals surface area contributed by atoms with Crippen LogP contribution in [0.4, 0.5) is 0 Å². The van der Waals surface area contributed by atoms with E-state index in [0.29, 0.717) is 13.0 Å². The van der Waals surface area contributed by atoms with Crippen LogP contribution in [0.25, 0.3) is 0 Å². The fourth-order valence-electron chi connectivity index (χ4n) is 2.21. The van der Waals surface area contributed by atoms with E-state index in [1.54, 1.807) is 0 Å². The predicted molar refractivity (Wildman–Crippen MR) is 103 cm³/mol. The summed E-state index contributed by atoms with van der Waals surface area (Å²) in [5, 5.41) is 5.90. The van der Waals surface area contributed by atoms with Crippen molar-refractivity contribution in [2.24, 2.45) is 10.8 Å². The number of hydrogen-bond acceptors (Lipinski definition) is 3. The smallest absolute Gasteiger partial charge is 0.243 e. The molecule has 5 nitrogen and oxygen atoms in total. The molecule has 0 spiro atoms. The molecule has 2 N–H and O–H groups in total. The maximum atomic E-state index is 12.6. The summed E-state index contributed by atoms with van der Waals surface area (Å²) in [5.41, 5.74) is -0.899. The summed E-state index contributed by atoms with van der Waals surface area (Å²) in [6.07, 6.45) is 1.17. The average Bonchev–Trinajstić information content (AvgIpc) is 2.40. The van der Waals surface area contributed by atoms with Gasteiger partial charge in [-0.3, -0.25) is 9.59 Å². The third-order valence-corrected chi connectivity index (χ3v) is 3.97. The van der Waals surface area contributed by atoms with Crippen molar-refractivity contribution >= 4 is 11.8 Å². The van der Waals surface area contributed by atoms with Gasteiger partial charge in [0.05, 0.1) is 12.2 Å². The predicted octanol–water partition coefficient (Wildman–Crippen LogP) is 3.66. The van der Waals surface area contributed by atoms with E-state index in [4.69, 9.17) is 4.74 Å². The van der Waals surface area contributed by atoms with Gasteiger partial charge in [0.25, 0.3) is 0 Å². The van der Waals surface area contributed by atoms with E-state index in [1.165, 1.54) is 0 Å². The maximum Gasteiger partial charge on any atom is 0.243 e. The summed E-state index contributed by atoms with van der Waals surface area (Å²) < 4.78 is 5.82. The van der Waals surface area contributed by atoms with Crippen molar-refractivity contribution in [3.05, 3.63) is 0 Å². The summed E-state index contributed by atoms with van der Waals surface area (Å²) in [7, 11) is 0. The van der Waals surface area contributed by atoms with E-state index in [0.717, 1.165) is 6.42 Å². The van der Waals surface area contributed by atoms with E-state index in [9.17, 15) is 9.59 Å². The number of carbonyl (C=O) groups is 2. The first kappa shape index (κ1) is 23.9. The summed E-state index contributed by atoms with van der Waals surface area (Å²) in [6.45, 7) is 20.4. The molecule has 0 aliphatic carbocycles. The Bertz CT molecular complexity index is 445. The molecular weight excluding hydrogens is 316 g/mol. The maximum absolute atomic E-state index is 12.6. The van der Waals surface area contributed by atoms with Crippen LogP contribution < -0.4 is 10.6 Å². The Labute approximate surface area is 154 Å². The van der Waals surface area contributed by atoms with Gasteiger partial charge in [-0.15, -0.1) is 0 Å². The molecule has 2 atom stereocenters. The first-order chi connectivity index (χ1) is 11.1. The van der Waals surface area contributed by atoms with E-state index < -0.39 is 6.04 Å². The first-order valence-corrected chi connectivity index (χ1v) is 9.31. The van der Waals surface area contributed by atoms with Crippen LogP contribution in [0.15, 0.2) is 0 Å². The Kier molecular flexibility index (Phi) is 8.62. The lowest BCUT2D eigenvalue weighted by atomic mass is 9.84. The summed E-state index contributed by atoms with van der Waals surface area (Å²) in [4.78, 5) is 25.1. The van der Waals surface area contributed by atoms with Crippen LogP contribution in [-0.4, -0.2) is 36.1 Å². The Morgan fingerprint density at radius 2 is 1.48 bits per heavy atom. The summed E-state index contributed by atoms with van der Waals surface area (Å²) in [5.74, 6) is -0.249. The molecule has 0 radical (unpaired) electrons. The van der Waals surface area contributed by atoms with Crippen LogP contribution in [0.3, 0.4) is 0 Å². The second kappa shape index (κ2) is 9.02. The minimum absolute atomic E-state index is 0.0888. The largest absolute Gasteiger partial charge is 0.375 e. The van der Waals surface area contributed by atoms with Crippen molar-refractivity contribution in [3.63, 3.8) is 0 Å². The fraction of sp³-hybridized carbons (Fsp3) is 0.900. The highest BCUT2D eigenvalue weighted by atomic mass is 16.5. The van der Waals surface area contributed by atoms with Crippen molar-refractivity contribution in [1.29, 1.82) is 0 Å². The van der Waals surface area contributed by atoms with Crippen molar-refractivity contribution in [2.45, 2.75) is 99.8 Å². The van der Waals surface area contributed by atoms with Crippen LogP contribution in [0, 0.1) is 10.8 Å². The molecule has 2 amide bonds. The van der Waals surface area contributed by atoms with Gasteiger partial charge >= 0.3 is 0 Å². The van der Waals surface area contributed by atoms with E-state index in [2.05, 4.69) is 10.6 Å². The van der Waals surface area contributed by atoms with Crippen molar-refractivity contribution in [1.82, 2.24) is 10.6 Å². The highest BCUT2D eigenvalue weighted by molar-refractivity contribution is 5.88. The van der Waals surface area contributed by atoms with Gasteiger partial charge in [0, 0.05) is 12.5 Å². The summed E-state index contributed by atoms with van der Waals surface area (Å²) in [6, 6.07) is -0.473. The molecule has 148 valence electrons. The molecule has 0 aromatic carbocycles. The minimum Gasteiger partial charge on any atom is -0.375 e. The molecule has 0 aromatic rings. The number of carbonyl (C=O) groups excluding carboxylic acids is 2. The molecule has 2 unspecified atom stereocenters. The van der Waals surface area contributed by atoms with Gasteiger partial charge in [-0.1, -0.05) is 41.5 Å². The zero-order valence-corrected chi connectivity index (χ0v) is 18.0. The highest BCUT2D eigenvalue weighted by Crippen LogP contribution is 2.25. The molecule has 0 aromatic heterocycles. The Hall–Kier alpha value is -1.10. The van der Waals surface area contributed by atoms with Crippen molar-refractivity contribution < 1.29 is 14.3 Å². The zero-order chi connectivity index (χ0) is 20.1. The SMILES string of the molecule is CCC(C)NC(=O)C(NC(=O)CC(C)(C)COC(C)(C)C)C(C)(C)C. The molecular formula is C20H40N2O3. The van der Waals surface area contributed by atoms with Crippen LogP contribution in [0.1, 0.15) is 82.1 Å². The lowest BCUT2D eigenvalue weighted by Gasteiger charge is -2.33. The standard InChI is InChI=1S/C20H40N2O3/c1-11-14(2)21-17(24)16(18(3,4)5)22-15(23)12-20(9,10)13-25-19(6,7)8/h14,16H,11-13H2,1-10H3,(H,21,24)(H,22,23). The van der Waals surface area contributed by atoms with Gasteiger partial charge in [-0.2, -0.15) is 0 Å². The van der Waals surface area contributed by atoms with Gasteiger partial charge in [0.2, 0.25) is 11.8 Å². The number of ether oxygens (including phenoxy) is 1.